The van der Waals surface area contributed by atoms with Gasteiger partial charge in [0.2, 0.25) is 5.13 Å². The molecule has 0 aliphatic carbocycles. The van der Waals surface area contributed by atoms with Gasteiger partial charge in [0.1, 0.15) is 10.7 Å². The molecule has 1 aromatic carbocycles. The summed E-state index contributed by atoms with van der Waals surface area (Å²) in [5.74, 6) is -0.859. The molecule has 8 heteroatoms. The number of carbonyl (C=O) groups excluding carboxylic acids is 2. The number of aromatic amines is 1. The lowest BCUT2D eigenvalue weighted by molar-refractivity contribution is 0.0599. The molecule has 3 rings (SSSR count). The summed E-state index contributed by atoms with van der Waals surface area (Å²) in [7, 11) is 1.31. The maximum absolute atomic E-state index is 12.6. The summed E-state index contributed by atoms with van der Waals surface area (Å²) in [5.41, 5.74) is 5.05. The number of aromatic nitrogens is 3. The van der Waals surface area contributed by atoms with Crippen LogP contribution in [-0.4, -0.2) is 34.2 Å². The van der Waals surface area contributed by atoms with Crippen molar-refractivity contribution >= 4 is 28.3 Å². The molecule has 0 fully saturated rings. The maximum Gasteiger partial charge on any atom is 0.339 e. The Bertz CT molecular complexity index is 1040. The van der Waals surface area contributed by atoms with Crippen molar-refractivity contribution in [3.63, 3.8) is 0 Å². The molecule has 0 aliphatic rings. The number of nitrogens with one attached hydrogen (secondary N) is 2. The van der Waals surface area contributed by atoms with Crippen LogP contribution < -0.4 is 5.32 Å². The van der Waals surface area contributed by atoms with Crippen molar-refractivity contribution in [3.05, 3.63) is 51.8 Å². The molecule has 0 bridgehead atoms. The van der Waals surface area contributed by atoms with E-state index in [1.165, 1.54) is 24.0 Å². The fraction of sp³-hybridized carbons (Fsp3) is 0.263. The van der Waals surface area contributed by atoms with Gasteiger partial charge >= 0.3 is 5.97 Å². The van der Waals surface area contributed by atoms with Crippen LogP contribution in [0.3, 0.4) is 0 Å². The number of anilines is 1. The van der Waals surface area contributed by atoms with Crippen LogP contribution in [0.15, 0.2) is 18.2 Å². The third-order valence-electron chi connectivity index (χ3n) is 4.31. The Kier molecular flexibility index (Phi) is 5.09. The summed E-state index contributed by atoms with van der Waals surface area (Å²) in [4.78, 5) is 27.4. The molecule has 2 heterocycles. The summed E-state index contributed by atoms with van der Waals surface area (Å²) >= 11 is 1.30. The minimum Gasteiger partial charge on any atom is -0.465 e. The van der Waals surface area contributed by atoms with Crippen LogP contribution in [0, 0.1) is 27.7 Å². The van der Waals surface area contributed by atoms with Gasteiger partial charge < -0.3 is 9.72 Å². The van der Waals surface area contributed by atoms with E-state index in [0.29, 0.717) is 27.6 Å². The number of aryl methyl sites for hydroxylation is 3. The average molecular weight is 384 g/mol. The maximum atomic E-state index is 12.6. The number of hydrogen-bond donors (Lipinski definition) is 2. The zero-order valence-electron chi connectivity index (χ0n) is 15.8. The lowest BCUT2D eigenvalue weighted by Gasteiger charge is -2.02. The van der Waals surface area contributed by atoms with Crippen LogP contribution in [0.25, 0.3) is 10.6 Å². The minimum atomic E-state index is -0.478. The van der Waals surface area contributed by atoms with E-state index in [4.69, 9.17) is 4.74 Å². The first-order chi connectivity index (χ1) is 12.8. The highest BCUT2D eigenvalue weighted by Gasteiger charge is 2.23. The van der Waals surface area contributed by atoms with E-state index in [2.05, 4.69) is 26.6 Å². The van der Waals surface area contributed by atoms with Gasteiger partial charge in [-0.15, -0.1) is 10.2 Å². The SMILES string of the molecule is COC(=O)c1c(C)[nH]c(C(=O)Nc2nnc(-c3ccc(C)cc3C)s2)c1C. The molecule has 1 amide bonds. The molecule has 140 valence electrons. The molecule has 0 saturated carbocycles. The van der Waals surface area contributed by atoms with Crippen molar-refractivity contribution in [1.29, 1.82) is 0 Å². The van der Waals surface area contributed by atoms with Crippen molar-refractivity contribution in [2.24, 2.45) is 0 Å². The second-order valence-electron chi connectivity index (χ2n) is 6.30. The standard InChI is InChI=1S/C19H20N4O3S/c1-9-6-7-13(10(2)8-9)17-22-23-19(27-17)21-16(24)15-11(3)14(12(4)20-15)18(25)26-5/h6-8,20H,1-5H3,(H,21,23,24). The molecule has 0 spiro atoms. The van der Waals surface area contributed by atoms with Crippen LogP contribution in [0.4, 0.5) is 5.13 Å². The molecule has 0 unspecified atom stereocenters. The van der Waals surface area contributed by atoms with E-state index >= 15 is 0 Å². The number of ether oxygens (including phenoxy) is 1. The highest BCUT2D eigenvalue weighted by Crippen LogP contribution is 2.30. The number of H-pyrrole nitrogens is 1. The molecule has 0 saturated heterocycles. The number of esters is 1. The van der Waals surface area contributed by atoms with E-state index < -0.39 is 5.97 Å². The number of amides is 1. The van der Waals surface area contributed by atoms with E-state index in [-0.39, 0.29) is 5.91 Å². The van der Waals surface area contributed by atoms with Gasteiger partial charge in [-0.25, -0.2) is 4.79 Å². The molecule has 0 aliphatic heterocycles. The largest absolute Gasteiger partial charge is 0.465 e. The number of hydrogen-bond acceptors (Lipinski definition) is 6. The van der Waals surface area contributed by atoms with E-state index in [0.717, 1.165) is 16.1 Å². The normalized spacial score (nSPS) is 10.7. The van der Waals surface area contributed by atoms with Crippen LogP contribution in [0.5, 0.6) is 0 Å². The smallest absolute Gasteiger partial charge is 0.339 e. The summed E-state index contributed by atoms with van der Waals surface area (Å²) in [6.45, 7) is 7.47. The Hall–Kier alpha value is -3.00. The molecule has 27 heavy (non-hydrogen) atoms. The van der Waals surface area contributed by atoms with Crippen molar-refractivity contribution in [2.45, 2.75) is 27.7 Å². The van der Waals surface area contributed by atoms with E-state index in [1.807, 2.05) is 26.0 Å². The van der Waals surface area contributed by atoms with Crippen molar-refractivity contribution in [3.8, 4) is 10.6 Å². The number of rotatable bonds is 4. The number of nitrogens with zero attached hydrogens (tertiary/aromatic N) is 2. The molecule has 3 aromatic rings. The molecular formula is C19H20N4O3S. The zero-order valence-corrected chi connectivity index (χ0v) is 16.6. The Morgan fingerprint density at radius 3 is 2.56 bits per heavy atom. The Morgan fingerprint density at radius 2 is 1.89 bits per heavy atom. The second kappa shape index (κ2) is 7.32. The monoisotopic (exact) mass is 384 g/mol. The van der Waals surface area contributed by atoms with E-state index in [9.17, 15) is 9.59 Å². The van der Waals surface area contributed by atoms with Crippen molar-refractivity contribution < 1.29 is 14.3 Å². The summed E-state index contributed by atoms with van der Waals surface area (Å²) in [6, 6.07) is 6.09. The van der Waals surface area contributed by atoms with Gasteiger partial charge in [-0.3, -0.25) is 10.1 Å². The van der Waals surface area contributed by atoms with Crippen molar-refractivity contribution in [2.75, 3.05) is 12.4 Å². The third-order valence-corrected chi connectivity index (χ3v) is 5.18. The first kappa shape index (κ1) is 18.8. The Labute approximate surface area is 160 Å². The first-order valence-corrected chi connectivity index (χ1v) is 9.13. The molecule has 0 atom stereocenters. The van der Waals surface area contributed by atoms with Crippen LogP contribution in [0.2, 0.25) is 0 Å². The highest BCUT2D eigenvalue weighted by atomic mass is 32.1. The minimum absolute atomic E-state index is 0.302. The van der Waals surface area contributed by atoms with Gasteiger partial charge in [-0.2, -0.15) is 0 Å². The average Bonchev–Trinajstić information content (AvgIpc) is 3.18. The van der Waals surface area contributed by atoms with Gasteiger partial charge in [0.15, 0.2) is 0 Å². The highest BCUT2D eigenvalue weighted by molar-refractivity contribution is 7.18. The van der Waals surface area contributed by atoms with Crippen LogP contribution >= 0.6 is 11.3 Å². The van der Waals surface area contributed by atoms with Gasteiger partial charge in [-0.1, -0.05) is 35.1 Å². The van der Waals surface area contributed by atoms with Gasteiger partial charge in [-0.05, 0) is 38.8 Å². The fourth-order valence-electron chi connectivity index (χ4n) is 2.98. The molecule has 0 radical (unpaired) electrons. The molecule has 7 nitrogen and oxygen atoms in total. The quantitative estimate of drug-likeness (QED) is 0.667. The topological polar surface area (TPSA) is 97.0 Å². The second-order valence-corrected chi connectivity index (χ2v) is 7.28. The molecular weight excluding hydrogens is 364 g/mol. The number of benzene rings is 1. The zero-order chi connectivity index (χ0) is 19.7. The van der Waals surface area contributed by atoms with E-state index in [1.54, 1.807) is 13.8 Å². The number of methoxy groups -OCH3 is 1. The van der Waals surface area contributed by atoms with Gasteiger partial charge in [0, 0.05) is 11.3 Å². The lowest BCUT2D eigenvalue weighted by Crippen LogP contribution is -2.14. The number of carbonyl (C=O) groups is 2. The third kappa shape index (κ3) is 3.61. The summed E-state index contributed by atoms with van der Waals surface area (Å²) in [5, 5.41) is 12.1. The first-order valence-electron chi connectivity index (χ1n) is 8.31. The Balaban J connectivity index is 1.84. The van der Waals surface area contributed by atoms with Gasteiger partial charge in [0.05, 0.1) is 12.7 Å². The Morgan fingerprint density at radius 1 is 1.15 bits per heavy atom. The predicted octanol–water partition coefficient (Wildman–Crippen LogP) is 3.81. The lowest BCUT2D eigenvalue weighted by atomic mass is 10.1. The molecule has 2 aromatic heterocycles. The van der Waals surface area contributed by atoms with Gasteiger partial charge in [0.25, 0.3) is 5.91 Å². The predicted molar refractivity (Wildman–Crippen MR) is 104 cm³/mol. The summed E-state index contributed by atoms with van der Waals surface area (Å²) in [6.07, 6.45) is 0. The molecule has 2 N–H and O–H groups in total. The van der Waals surface area contributed by atoms with Crippen LogP contribution in [-0.2, 0) is 4.74 Å². The fourth-order valence-corrected chi connectivity index (χ4v) is 3.81. The van der Waals surface area contributed by atoms with Crippen LogP contribution in [0.1, 0.15) is 43.2 Å². The summed E-state index contributed by atoms with van der Waals surface area (Å²) < 4.78 is 4.77. The van der Waals surface area contributed by atoms with Crippen molar-refractivity contribution in [1.82, 2.24) is 15.2 Å².